The van der Waals surface area contributed by atoms with Crippen LogP contribution in [0.3, 0.4) is 0 Å². The molecule has 1 amide bonds. The highest BCUT2D eigenvalue weighted by molar-refractivity contribution is 5.88. The summed E-state index contributed by atoms with van der Waals surface area (Å²) in [5.74, 6) is -0.372. The van der Waals surface area contributed by atoms with Gasteiger partial charge in [-0.1, -0.05) is 0 Å². The summed E-state index contributed by atoms with van der Waals surface area (Å²) >= 11 is 0. The van der Waals surface area contributed by atoms with Crippen LogP contribution < -0.4 is 10.1 Å². The van der Waals surface area contributed by atoms with Gasteiger partial charge in [0, 0.05) is 18.7 Å². The van der Waals surface area contributed by atoms with Gasteiger partial charge in [-0.25, -0.2) is 4.39 Å². The highest BCUT2D eigenvalue weighted by Gasteiger charge is 2.18. The van der Waals surface area contributed by atoms with Crippen LogP contribution >= 0.6 is 0 Å². The van der Waals surface area contributed by atoms with Gasteiger partial charge in [0.1, 0.15) is 0 Å². The smallest absolute Gasteiger partial charge is 0.221 e. The molecule has 0 atom stereocenters. The molecule has 17 heavy (non-hydrogen) atoms. The van der Waals surface area contributed by atoms with E-state index in [2.05, 4.69) is 5.32 Å². The van der Waals surface area contributed by atoms with Crippen molar-refractivity contribution in [2.45, 2.75) is 38.7 Å². The molecule has 0 saturated heterocycles. The number of ether oxygens (including phenoxy) is 1. The molecule has 0 aromatic heterocycles. The molecule has 1 aromatic carbocycles. The van der Waals surface area contributed by atoms with Crippen LogP contribution in [0.2, 0.25) is 0 Å². The molecule has 0 heterocycles. The molecule has 0 aliphatic heterocycles. The number of hydrogen-bond donors (Lipinski definition) is 1. The Morgan fingerprint density at radius 3 is 2.71 bits per heavy atom. The standard InChI is InChI=1S/C13H16FNO2/c1-9(16)15-10-6-7-13(12(14)8-10)17-11-4-2-3-5-11/h6-8,11H,2-5H2,1H3,(H,15,16). The zero-order valence-corrected chi connectivity index (χ0v) is 9.83. The van der Waals surface area contributed by atoms with Crippen LogP contribution in [0.15, 0.2) is 18.2 Å². The summed E-state index contributed by atoms with van der Waals surface area (Å²) in [4.78, 5) is 10.8. The van der Waals surface area contributed by atoms with Gasteiger partial charge in [0.25, 0.3) is 0 Å². The number of anilines is 1. The molecule has 0 radical (unpaired) electrons. The number of amides is 1. The minimum atomic E-state index is -0.428. The molecule has 1 aromatic rings. The van der Waals surface area contributed by atoms with Gasteiger partial charge < -0.3 is 10.1 Å². The van der Waals surface area contributed by atoms with Gasteiger partial charge in [-0.05, 0) is 37.8 Å². The second kappa shape index (κ2) is 5.17. The molecule has 1 fully saturated rings. The molecule has 1 N–H and O–H groups in total. The van der Waals surface area contributed by atoms with Crippen molar-refractivity contribution in [3.63, 3.8) is 0 Å². The fourth-order valence-electron chi connectivity index (χ4n) is 2.06. The summed E-state index contributed by atoms with van der Waals surface area (Å²) in [6, 6.07) is 4.50. The van der Waals surface area contributed by atoms with Crippen LogP contribution in [0.4, 0.5) is 10.1 Å². The van der Waals surface area contributed by atoms with E-state index in [1.807, 2.05) is 0 Å². The Hall–Kier alpha value is -1.58. The van der Waals surface area contributed by atoms with Crippen molar-refractivity contribution >= 4 is 11.6 Å². The summed E-state index contributed by atoms with van der Waals surface area (Å²) < 4.78 is 19.3. The quantitative estimate of drug-likeness (QED) is 0.877. The maximum Gasteiger partial charge on any atom is 0.221 e. The van der Waals surface area contributed by atoms with E-state index in [0.717, 1.165) is 25.7 Å². The van der Waals surface area contributed by atoms with Crippen molar-refractivity contribution in [2.24, 2.45) is 0 Å². The van der Waals surface area contributed by atoms with Gasteiger partial charge in [0.05, 0.1) is 6.10 Å². The topological polar surface area (TPSA) is 38.3 Å². The molecular formula is C13H16FNO2. The maximum absolute atomic E-state index is 13.7. The maximum atomic E-state index is 13.7. The molecule has 1 aliphatic carbocycles. The summed E-state index contributed by atoms with van der Waals surface area (Å²) in [5, 5.41) is 2.53. The lowest BCUT2D eigenvalue weighted by Gasteiger charge is -2.14. The number of halogens is 1. The average molecular weight is 237 g/mol. The summed E-state index contributed by atoms with van der Waals surface area (Å²) in [7, 11) is 0. The predicted molar refractivity (Wildman–Crippen MR) is 63.6 cm³/mol. The van der Waals surface area contributed by atoms with E-state index in [0.29, 0.717) is 5.69 Å². The largest absolute Gasteiger partial charge is 0.487 e. The first-order valence-corrected chi connectivity index (χ1v) is 5.89. The summed E-state index contributed by atoms with van der Waals surface area (Å²) in [6.45, 7) is 1.39. The van der Waals surface area contributed by atoms with Gasteiger partial charge >= 0.3 is 0 Å². The Labute approximate surface area is 100.0 Å². The molecular weight excluding hydrogens is 221 g/mol. The third kappa shape index (κ3) is 3.19. The van der Waals surface area contributed by atoms with E-state index in [-0.39, 0.29) is 17.8 Å². The van der Waals surface area contributed by atoms with Crippen LogP contribution in [-0.2, 0) is 4.79 Å². The fourth-order valence-corrected chi connectivity index (χ4v) is 2.06. The van der Waals surface area contributed by atoms with E-state index >= 15 is 0 Å². The lowest BCUT2D eigenvalue weighted by Crippen LogP contribution is -2.12. The van der Waals surface area contributed by atoms with Crippen LogP contribution in [0.1, 0.15) is 32.6 Å². The van der Waals surface area contributed by atoms with Gasteiger partial charge in [0.15, 0.2) is 11.6 Å². The molecule has 0 bridgehead atoms. The molecule has 1 aliphatic rings. The lowest BCUT2D eigenvalue weighted by atomic mass is 10.2. The van der Waals surface area contributed by atoms with Crippen molar-refractivity contribution in [3.05, 3.63) is 24.0 Å². The molecule has 92 valence electrons. The first-order chi connectivity index (χ1) is 8.15. The van der Waals surface area contributed by atoms with Crippen molar-refractivity contribution in [1.82, 2.24) is 0 Å². The van der Waals surface area contributed by atoms with E-state index < -0.39 is 5.82 Å². The van der Waals surface area contributed by atoms with Crippen LogP contribution in [0.25, 0.3) is 0 Å². The zero-order chi connectivity index (χ0) is 12.3. The van der Waals surface area contributed by atoms with Crippen molar-refractivity contribution in [1.29, 1.82) is 0 Å². The van der Waals surface area contributed by atoms with E-state index in [4.69, 9.17) is 4.74 Å². The Morgan fingerprint density at radius 1 is 1.41 bits per heavy atom. The zero-order valence-electron chi connectivity index (χ0n) is 9.83. The molecule has 3 nitrogen and oxygen atoms in total. The summed E-state index contributed by atoms with van der Waals surface area (Å²) in [5.41, 5.74) is 0.453. The molecule has 2 rings (SSSR count). The van der Waals surface area contributed by atoms with Gasteiger partial charge in [-0.3, -0.25) is 4.79 Å². The SMILES string of the molecule is CC(=O)Nc1ccc(OC2CCCC2)c(F)c1. The number of nitrogens with one attached hydrogen (secondary N) is 1. The highest BCUT2D eigenvalue weighted by atomic mass is 19.1. The Kier molecular flexibility index (Phi) is 3.61. The predicted octanol–water partition coefficient (Wildman–Crippen LogP) is 3.11. The highest BCUT2D eigenvalue weighted by Crippen LogP contribution is 2.27. The third-order valence-electron chi connectivity index (χ3n) is 2.85. The fraction of sp³-hybridized carbons (Fsp3) is 0.462. The Morgan fingerprint density at radius 2 is 2.12 bits per heavy atom. The van der Waals surface area contributed by atoms with Crippen LogP contribution in [-0.4, -0.2) is 12.0 Å². The van der Waals surface area contributed by atoms with Gasteiger partial charge in [0.2, 0.25) is 5.91 Å². The molecule has 0 unspecified atom stereocenters. The Balaban J connectivity index is 2.05. The second-order valence-electron chi connectivity index (χ2n) is 4.35. The second-order valence-corrected chi connectivity index (χ2v) is 4.35. The van der Waals surface area contributed by atoms with E-state index in [1.54, 1.807) is 12.1 Å². The Bertz CT molecular complexity index is 414. The molecule has 1 saturated carbocycles. The summed E-state index contributed by atoms with van der Waals surface area (Å²) in [6.07, 6.45) is 4.42. The first kappa shape index (κ1) is 11.9. The van der Waals surface area contributed by atoms with E-state index in [1.165, 1.54) is 13.0 Å². The van der Waals surface area contributed by atoms with Crippen molar-refractivity contribution in [3.8, 4) is 5.75 Å². The monoisotopic (exact) mass is 237 g/mol. The van der Waals surface area contributed by atoms with E-state index in [9.17, 15) is 9.18 Å². The average Bonchev–Trinajstić information content (AvgIpc) is 2.74. The normalized spacial score (nSPS) is 15.9. The number of carbonyl (C=O) groups is 1. The first-order valence-electron chi connectivity index (χ1n) is 5.89. The number of hydrogen-bond acceptors (Lipinski definition) is 2. The number of carbonyl (C=O) groups excluding carboxylic acids is 1. The number of rotatable bonds is 3. The lowest BCUT2D eigenvalue weighted by molar-refractivity contribution is -0.114. The number of benzene rings is 1. The third-order valence-corrected chi connectivity index (χ3v) is 2.85. The van der Waals surface area contributed by atoms with Gasteiger partial charge in [-0.15, -0.1) is 0 Å². The van der Waals surface area contributed by atoms with Crippen LogP contribution in [0.5, 0.6) is 5.75 Å². The molecule has 4 heteroatoms. The van der Waals surface area contributed by atoms with Crippen molar-refractivity contribution < 1.29 is 13.9 Å². The minimum Gasteiger partial charge on any atom is -0.487 e. The van der Waals surface area contributed by atoms with Gasteiger partial charge in [-0.2, -0.15) is 0 Å². The van der Waals surface area contributed by atoms with Crippen LogP contribution in [0, 0.1) is 5.82 Å². The minimum absolute atomic E-state index is 0.135. The molecule has 0 spiro atoms. The van der Waals surface area contributed by atoms with Crippen molar-refractivity contribution in [2.75, 3.05) is 5.32 Å².